The Hall–Kier alpha value is -3.39. The van der Waals surface area contributed by atoms with Gasteiger partial charge in [0.2, 0.25) is 5.91 Å². The zero-order valence-corrected chi connectivity index (χ0v) is 16.9. The van der Waals surface area contributed by atoms with Crippen molar-refractivity contribution in [3.8, 4) is 0 Å². The number of benzene rings is 2. The number of hydrogen-bond donors (Lipinski definition) is 4. The summed E-state index contributed by atoms with van der Waals surface area (Å²) in [7, 11) is 1.57. The van der Waals surface area contributed by atoms with E-state index in [4.69, 9.17) is 4.74 Å². The van der Waals surface area contributed by atoms with Crippen molar-refractivity contribution in [2.45, 2.75) is 18.9 Å². The van der Waals surface area contributed by atoms with Crippen molar-refractivity contribution in [2.75, 3.05) is 37.4 Å². The molecule has 8 heteroatoms. The predicted octanol–water partition coefficient (Wildman–Crippen LogP) is 2.01. The Morgan fingerprint density at radius 2 is 1.80 bits per heavy atom. The van der Waals surface area contributed by atoms with Gasteiger partial charge in [0.15, 0.2) is 0 Å². The zero-order valence-electron chi connectivity index (χ0n) is 16.9. The van der Waals surface area contributed by atoms with Gasteiger partial charge in [0.1, 0.15) is 0 Å². The molecule has 0 aromatic heterocycles. The van der Waals surface area contributed by atoms with Crippen LogP contribution in [0.5, 0.6) is 0 Å². The highest BCUT2D eigenvalue weighted by Gasteiger charge is 2.17. The highest BCUT2D eigenvalue weighted by Crippen LogP contribution is 2.13. The molecule has 1 unspecified atom stereocenters. The summed E-state index contributed by atoms with van der Waals surface area (Å²) in [6.07, 6.45) is 2.06. The molecule has 0 bridgehead atoms. The van der Waals surface area contributed by atoms with Crippen LogP contribution in [0.3, 0.4) is 0 Å². The fourth-order valence-corrected chi connectivity index (χ4v) is 3.12. The van der Waals surface area contributed by atoms with Gasteiger partial charge in [-0.05, 0) is 55.3 Å². The summed E-state index contributed by atoms with van der Waals surface area (Å²) in [6.45, 7) is 1.28. The summed E-state index contributed by atoms with van der Waals surface area (Å²) in [5, 5.41) is 11.2. The first-order valence-electron chi connectivity index (χ1n) is 9.91. The molecule has 3 rings (SSSR count). The summed E-state index contributed by atoms with van der Waals surface area (Å²) in [5.74, 6) is -0.614. The molecular formula is C22H26N4O4. The molecule has 1 aliphatic rings. The molecule has 0 aliphatic carbocycles. The lowest BCUT2D eigenvalue weighted by molar-refractivity contribution is -0.114. The standard InChI is InChI=1S/C22H26N4O4/c1-23-21(28)15-7-9-17(10-8-15)24-14-20(27)26-18-5-2-4-16(12-18)22(29)25-13-19-6-3-11-30-19/h2,4-5,7-10,12,19,24H,3,6,11,13-14H2,1H3,(H,23,28)(H,25,29)(H,26,27). The largest absolute Gasteiger partial charge is 0.376 e. The molecule has 2 aromatic carbocycles. The SMILES string of the molecule is CNC(=O)c1ccc(NCC(=O)Nc2cccc(C(=O)NCC3CCCO3)c2)cc1. The number of amides is 3. The van der Waals surface area contributed by atoms with Gasteiger partial charge in [-0.3, -0.25) is 14.4 Å². The maximum absolute atomic E-state index is 12.3. The Morgan fingerprint density at radius 1 is 1.00 bits per heavy atom. The van der Waals surface area contributed by atoms with Crippen molar-refractivity contribution < 1.29 is 19.1 Å². The molecule has 8 nitrogen and oxygen atoms in total. The van der Waals surface area contributed by atoms with Crippen LogP contribution in [-0.2, 0) is 9.53 Å². The van der Waals surface area contributed by atoms with Crippen molar-refractivity contribution in [1.29, 1.82) is 0 Å². The minimum atomic E-state index is -0.248. The van der Waals surface area contributed by atoms with Gasteiger partial charge in [-0.15, -0.1) is 0 Å². The number of anilines is 2. The van der Waals surface area contributed by atoms with Crippen LogP contribution in [0.4, 0.5) is 11.4 Å². The Kier molecular flexibility index (Phi) is 7.40. The highest BCUT2D eigenvalue weighted by atomic mass is 16.5. The van der Waals surface area contributed by atoms with E-state index in [9.17, 15) is 14.4 Å². The van der Waals surface area contributed by atoms with Gasteiger partial charge in [0.25, 0.3) is 11.8 Å². The van der Waals surface area contributed by atoms with Crippen LogP contribution >= 0.6 is 0 Å². The maximum atomic E-state index is 12.3. The molecular weight excluding hydrogens is 384 g/mol. The Morgan fingerprint density at radius 3 is 2.50 bits per heavy atom. The first-order valence-corrected chi connectivity index (χ1v) is 9.91. The quantitative estimate of drug-likeness (QED) is 0.532. The zero-order chi connectivity index (χ0) is 21.3. The molecule has 0 radical (unpaired) electrons. The van der Waals surface area contributed by atoms with Gasteiger partial charge >= 0.3 is 0 Å². The van der Waals surface area contributed by atoms with Crippen LogP contribution in [0.25, 0.3) is 0 Å². The van der Waals surface area contributed by atoms with Crippen LogP contribution in [0.1, 0.15) is 33.6 Å². The predicted molar refractivity (Wildman–Crippen MR) is 115 cm³/mol. The molecule has 0 saturated carbocycles. The van der Waals surface area contributed by atoms with Gasteiger partial charge in [0.05, 0.1) is 12.6 Å². The molecule has 1 atom stereocenters. The summed E-state index contributed by atoms with van der Waals surface area (Å²) in [4.78, 5) is 36.1. The van der Waals surface area contributed by atoms with Crippen molar-refractivity contribution in [3.05, 3.63) is 59.7 Å². The van der Waals surface area contributed by atoms with Gasteiger partial charge in [-0.25, -0.2) is 0 Å². The summed E-state index contributed by atoms with van der Waals surface area (Å²) in [5.41, 5.74) is 2.28. The maximum Gasteiger partial charge on any atom is 0.251 e. The molecule has 2 aromatic rings. The Bertz CT molecular complexity index is 892. The van der Waals surface area contributed by atoms with Crippen LogP contribution in [-0.4, -0.2) is 50.6 Å². The van der Waals surface area contributed by atoms with E-state index in [0.29, 0.717) is 23.4 Å². The lowest BCUT2D eigenvalue weighted by Gasteiger charge is -2.12. The molecule has 0 spiro atoms. The van der Waals surface area contributed by atoms with Crippen LogP contribution in [0, 0.1) is 0 Å². The van der Waals surface area contributed by atoms with Crippen molar-refractivity contribution in [3.63, 3.8) is 0 Å². The lowest BCUT2D eigenvalue weighted by atomic mass is 10.1. The summed E-state index contributed by atoms with van der Waals surface area (Å²) >= 11 is 0. The fraction of sp³-hybridized carbons (Fsp3) is 0.318. The number of nitrogens with one attached hydrogen (secondary N) is 4. The molecule has 3 amide bonds. The molecule has 1 heterocycles. The number of hydrogen-bond acceptors (Lipinski definition) is 5. The number of carbonyl (C=O) groups is 3. The van der Waals surface area contributed by atoms with Gasteiger partial charge in [-0.2, -0.15) is 0 Å². The Labute approximate surface area is 175 Å². The van der Waals surface area contributed by atoms with E-state index in [1.165, 1.54) is 0 Å². The van der Waals surface area contributed by atoms with E-state index in [-0.39, 0.29) is 30.4 Å². The van der Waals surface area contributed by atoms with E-state index >= 15 is 0 Å². The van der Waals surface area contributed by atoms with Gasteiger partial charge in [-0.1, -0.05) is 6.07 Å². The average Bonchev–Trinajstić information content (AvgIpc) is 3.30. The van der Waals surface area contributed by atoms with E-state index in [1.54, 1.807) is 55.6 Å². The molecule has 4 N–H and O–H groups in total. The summed E-state index contributed by atoms with van der Waals surface area (Å²) in [6, 6.07) is 13.6. The second kappa shape index (κ2) is 10.4. The number of carbonyl (C=O) groups excluding carboxylic acids is 3. The van der Waals surface area contributed by atoms with Crippen LogP contribution in [0.2, 0.25) is 0 Å². The summed E-state index contributed by atoms with van der Waals surface area (Å²) < 4.78 is 5.50. The topological polar surface area (TPSA) is 109 Å². The van der Waals surface area contributed by atoms with E-state index in [2.05, 4.69) is 21.3 Å². The molecule has 30 heavy (non-hydrogen) atoms. The van der Waals surface area contributed by atoms with Gasteiger partial charge < -0.3 is 26.0 Å². The minimum Gasteiger partial charge on any atom is -0.376 e. The van der Waals surface area contributed by atoms with Crippen molar-refractivity contribution in [2.24, 2.45) is 0 Å². The average molecular weight is 410 g/mol. The molecule has 1 aliphatic heterocycles. The Balaban J connectivity index is 1.48. The van der Waals surface area contributed by atoms with Gasteiger partial charge in [0, 0.05) is 42.7 Å². The number of rotatable bonds is 8. The minimum absolute atomic E-state index is 0.0504. The molecule has 1 saturated heterocycles. The normalized spacial score (nSPS) is 15.3. The van der Waals surface area contributed by atoms with Crippen LogP contribution in [0.15, 0.2) is 48.5 Å². The fourth-order valence-electron chi connectivity index (χ4n) is 3.12. The third-order valence-electron chi connectivity index (χ3n) is 4.75. The molecule has 1 fully saturated rings. The first kappa shape index (κ1) is 21.3. The lowest BCUT2D eigenvalue weighted by Crippen LogP contribution is -2.31. The van der Waals surface area contributed by atoms with Crippen molar-refractivity contribution in [1.82, 2.24) is 10.6 Å². The number of ether oxygens (including phenoxy) is 1. The second-order valence-corrected chi connectivity index (χ2v) is 6.98. The van der Waals surface area contributed by atoms with E-state index in [0.717, 1.165) is 25.1 Å². The van der Waals surface area contributed by atoms with E-state index in [1.807, 2.05) is 0 Å². The van der Waals surface area contributed by atoms with Crippen molar-refractivity contribution >= 4 is 29.1 Å². The van der Waals surface area contributed by atoms with E-state index < -0.39 is 0 Å². The highest BCUT2D eigenvalue weighted by molar-refractivity contribution is 5.98. The monoisotopic (exact) mass is 410 g/mol. The smallest absolute Gasteiger partial charge is 0.251 e. The van der Waals surface area contributed by atoms with Crippen LogP contribution < -0.4 is 21.3 Å². The first-order chi connectivity index (χ1) is 14.5. The third kappa shape index (κ3) is 6.05. The molecule has 158 valence electrons. The second-order valence-electron chi connectivity index (χ2n) is 6.98. The third-order valence-corrected chi connectivity index (χ3v) is 4.75.